The van der Waals surface area contributed by atoms with Gasteiger partial charge in [-0.3, -0.25) is 4.98 Å². The third kappa shape index (κ3) is 1.98. The molecule has 5 heteroatoms. The van der Waals surface area contributed by atoms with Gasteiger partial charge in [0, 0.05) is 17.7 Å². The highest BCUT2D eigenvalue weighted by Gasteiger charge is 2.41. The molecule has 3 heterocycles. The number of aryl methyl sites for hydroxylation is 1. The average molecular weight is 328 g/mol. The highest BCUT2D eigenvalue weighted by atomic mass is 16.3. The molecule has 0 radical (unpaired) electrons. The summed E-state index contributed by atoms with van der Waals surface area (Å²) in [5.41, 5.74) is 5.77. The van der Waals surface area contributed by atoms with Crippen LogP contribution in [0, 0.1) is 17.2 Å². The SMILES string of the molecule is N#Cc1cnc2c(c1)CC[C@@H]([C@H]1c3ccccc3-c3cncn31)C2O. The first kappa shape index (κ1) is 14.4. The van der Waals surface area contributed by atoms with Crippen molar-refractivity contribution in [1.29, 1.82) is 5.26 Å². The molecular formula is C20H16N4O. The second-order valence-electron chi connectivity index (χ2n) is 6.75. The van der Waals surface area contributed by atoms with Gasteiger partial charge in [0.05, 0.1) is 35.5 Å². The molecule has 3 atom stereocenters. The number of imidazole rings is 1. The van der Waals surface area contributed by atoms with E-state index >= 15 is 0 Å². The predicted molar refractivity (Wildman–Crippen MR) is 91.5 cm³/mol. The van der Waals surface area contributed by atoms with Crippen LogP contribution in [0.1, 0.15) is 41.0 Å². The van der Waals surface area contributed by atoms with Gasteiger partial charge in [-0.05, 0) is 30.0 Å². The van der Waals surface area contributed by atoms with Gasteiger partial charge < -0.3 is 9.67 Å². The first-order valence-corrected chi connectivity index (χ1v) is 8.46. The van der Waals surface area contributed by atoms with Crippen molar-refractivity contribution in [2.24, 2.45) is 5.92 Å². The lowest BCUT2D eigenvalue weighted by molar-refractivity contribution is 0.0679. The van der Waals surface area contributed by atoms with Crippen LogP contribution in [-0.2, 0) is 6.42 Å². The molecule has 0 saturated heterocycles. The van der Waals surface area contributed by atoms with E-state index in [9.17, 15) is 5.11 Å². The van der Waals surface area contributed by atoms with E-state index in [1.807, 2.05) is 30.7 Å². The predicted octanol–water partition coefficient (Wildman–Crippen LogP) is 3.02. The first-order valence-electron chi connectivity index (χ1n) is 8.46. The van der Waals surface area contributed by atoms with Crippen LogP contribution in [0.15, 0.2) is 49.1 Å². The Bertz CT molecular complexity index is 1020. The van der Waals surface area contributed by atoms with Gasteiger partial charge in [0.1, 0.15) is 12.2 Å². The number of rotatable bonds is 1. The van der Waals surface area contributed by atoms with Crippen LogP contribution < -0.4 is 0 Å². The number of aromatic nitrogens is 3. The number of nitriles is 1. The molecule has 0 spiro atoms. The highest BCUT2D eigenvalue weighted by molar-refractivity contribution is 5.69. The Morgan fingerprint density at radius 2 is 2.12 bits per heavy atom. The zero-order valence-corrected chi connectivity index (χ0v) is 13.5. The fourth-order valence-electron chi connectivity index (χ4n) is 4.37. The third-order valence-electron chi connectivity index (χ3n) is 5.49. The van der Waals surface area contributed by atoms with E-state index in [1.54, 1.807) is 6.20 Å². The number of nitrogens with zero attached hydrogens (tertiary/aromatic N) is 4. The molecule has 3 aromatic rings. The van der Waals surface area contributed by atoms with Crippen molar-refractivity contribution in [1.82, 2.24) is 14.5 Å². The number of aliphatic hydroxyl groups excluding tert-OH is 1. The highest BCUT2D eigenvalue weighted by Crippen LogP contribution is 2.49. The Balaban J connectivity index is 1.60. The van der Waals surface area contributed by atoms with E-state index in [1.165, 1.54) is 11.1 Å². The summed E-state index contributed by atoms with van der Waals surface area (Å²) in [6.07, 6.45) is 6.32. The summed E-state index contributed by atoms with van der Waals surface area (Å²) >= 11 is 0. The number of aliphatic hydroxyl groups is 1. The molecule has 2 aromatic heterocycles. The van der Waals surface area contributed by atoms with Crippen LogP contribution in [0.5, 0.6) is 0 Å². The van der Waals surface area contributed by atoms with Crippen molar-refractivity contribution in [2.75, 3.05) is 0 Å². The lowest BCUT2D eigenvalue weighted by Gasteiger charge is -2.34. The fraction of sp³-hybridized carbons (Fsp3) is 0.250. The van der Waals surface area contributed by atoms with Gasteiger partial charge in [0.15, 0.2) is 0 Å². The number of hydrogen-bond donors (Lipinski definition) is 1. The zero-order valence-electron chi connectivity index (χ0n) is 13.5. The molecule has 0 saturated carbocycles. The molecule has 2 aliphatic rings. The molecule has 1 aromatic carbocycles. The van der Waals surface area contributed by atoms with Crippen molar-refractivity contribution in [3.63, 3.8) is 0 Å². The summed E-state index contributed by atoms with van der Waals surface area (Å²) in [5.74, 6) is 0.0320. The van der Waals surface area contributed by atoms with E-state index in [4.69, 9.17) is 5.26 Å². The summed E-state index contributed by atoms with van der Waals surface area (Å²) < 4.78 is 2.17. The smallest absolute Gasteiger partial charge is 0.101 e. The van der Waals surface area contributed by atoms with Gasteiger partial charge in [-0.25, -0.2) is 4.98 Å². The minimum Gasteiger partial charge on any atom is -0.386 e. The molecule has 1 aliphatic heterocycles. The van der Waals surface area contributed by atoms with Gasteiger partial charge in [-0.15, -0.1) is 0 Å². The quantitative estimate of drug-likeness (QED) is 0.745. The summed E-state index contributed by atoms with van der Waals surface area (Å²) in [5, 5.41) is 20.1. The van der Waals surface area contributed by atoms with Gasteiger partial charge in [-0.1, -0.05) is 24.3 Å². The van der Waals surface area contributed by atoms with Gasteiger partial charge in [-0.2, -0.15) is 5.26 Å². The maximum atomic E-state index is 11.1. The summed E-state index contributed by atoms with van der Waals surface area (Å²) in [6, 6.07) is 12.4. The lowest BCUT2D eigenvalue weighted by atomic mass is 9.77. The average Bonchev–Trinajstić information content (AvgIpc) is 3.23. The minimum atomic E-state index is -0.650. The molecule has 0 amide bonds. The van der Waals surface area contributed by atoms with Gasteiger partial charge >= 0.3 is 0 Å². The summed E-state index contributed by atoms with van der Waals surface area (Å²) in [6.45, 7) is 0. The third-order valence-corrected chi connectivity index (χ3v) is 5.49. The fourth-order valence-corrected chi connectivity index (χ4v) is 4.37. The zero-order chi connectivity index (χ0) is 17.0. The largest absolute Gasteiger partial charge is 0.386 e. The Morgan fingerprint density at radius 1 is 1.24 bits per heavy atom. The molecule has 1 aliphatic carbocycles. The molecule has 25 heavy (non-hydrogen) atoms. The Kier molecular flexibility index (Phi) is 3.03. The topological polar surface area (TPSA) is 74.7 Å². The Hall–Kier alpha value is -2.97. The first-order chi connectivity index (χ1) is 12.3. The molecule has 0 bridgehead atoms. The second kappa shape index (κ2) is 5.27. The van der Waals surface area contributed by atoms with Crippen LogP contribution in [0.25, 0.3) is 11.3 Å². The van der Waals surface area contributed by atoms with Crippen LogP contribution in [0.3, 0.4) is 0 Å². The van der Waals surface area contributed by atoms with E-state index in [0.717, 1.165) is 24.1 Å². The van der Waals surface area contributed by atoms with Crippen LogP contribution >= 0.6 is 0 Å². The van der Waals surface area contributed by atoms with Crippen LogP contribution in [-0.4, -0.2) is 19.6 Å². The van der Waals surface area contributed by atoms with Gasteiger partial charge in [0.25, 0.3) is 0 Å². The number of pyridine rings is 1. The number of benzene rings is 1. The molecule has 122 valence electrons. The van der Waals surface area contributed by atoms with E-state index in [-0.39, 0.29) is 12.0 Å². The van der Waals surface area contributed by atoms with Crippen molar-refractivity contribution < 1.29 is 5.11 Å². The number of fused-ring (bicyclic) bond motifs is 4. The van der Waals surface area contributed by atoms with E-state index in [0.29, 0.717) is 11.3 Å². The monoisotopic (exact) mass is 328 g/mol. The van der Waals surface area contributed by atoms with Crippen LogP contribution in [0.4, 0.5) is 0 Å². The molecule has 1 N–H and O–H groups in total. The van der Waals surface area contributed by atoms with Crippen molar-refractivity contribution >= 4 is 0 Å². The standard InChI is InChI=1S/C20H16N4O/c21-8-12-7-13-5-6-16(20(25)18(13)23-9-12)19-15-4-2-1-3-14(15)17-10-22-11-24(17)19/h1-4,7,9-11,16,19-20,25H,5-6H2/t16-,19+,20?/m0/s1. The molecular weight excluding hydrogens is 312 g/mol. The second-order valence-corrected chi connectivity index (χ2v) is 6.75. The van der Waals surface area contributed by atoms with Crippen LogP contribution in [0.2, 0.25) is 0 Å². The summed E-state index contributed by atoms with van der Waals surface area (Å²) in [4.78, 5) is 8.70. The summed E-state index contributed by atoms with van der Waals surface area (Å²) in [7, 11) is 0. The van der Waals surface area contributed by atoms with Crippen molar-refractivity contribution in [2.45, 2.75) is 25.0 Å². The molecule has 5 nitrogen and oxygen atoms in total. The maximum absolute atomic E-state index is 11.1. The van der Waals surface area contributed by atoms with E-state index < -0.39 is 6.10 Å². The Labute approximate surface area is 145 Å². The minimum absolute atomic E-state index is 0.0320. The maximum Gasteiger partial charge on any atom is 0.101 e. The number of hydrogen-bond acceptors (Lipinski definition) is 4. The van der Waals surface area contributed by atoms with Crippen molar-refractivity contribution in [3.8, 4) is 17.3 Å². The Morgan fingerprint density at radius 3 is 3.00 bits per heavy atom. The van der Waals surface area contributed by atoms with E-state index in [2.05, 4.69) is 32.7 Å². The molecule has 0 fully saturated rings. The molecule has 1 unspecified atom stereocenters. The molecule has 5 rings (SSSR count). The van der Waals surface area contributed by atoms with Crippen molar-refractivity contribution in [3.05, 3.63) is 71.4 Å². The lowest BCUT2D eigenvalue weighted by Crippen LogP contribution is -2.29. The van der Waals surface area contributed by atoms with Gasteiger partial charge in [0.2, 0.25) is 0 Å². The normalized spacial score (nSPS) is 23.4.